The zero-order valence-corrected chi connectivity index (χ0v) is 19.9. The van der Waals surface area contributed by atoms with Gasteiger partial charge in [-0.3, -0.25) is 9.69 Å². The highest BCUT2D eigenvalue weighted by Gasteiger charge is 2.32. The topological polar surface area (TPSA) is 51.2 Å². The summed E-state index contributed by atoms with van der Waals surface area (Å²) in [4.78, 5) is 17.8. The molecule has 2 atom stereocenters. The maximum absolute atomic E-state index is 13.4. The van der Waals surface area contributed by atoms with Crippen LogP contribution in [0.2, 0.25) is 0 Å². The van der Waals surface area contributed by atoms with Crippen LogP contribution >= 0.6 is 0 Å². The van der Waals surface area contributed by atoms with Gasteiger partial charge in [0.05, 0.1) is 18.8 Å². The van der Waals surface area contributed by atoms with E-state index in [9.17, 15) is 4.79 Å². The van der Waals surface area contributed by atoms with Crippen molar-refractivity contribution in [2.75, 3.05) is 47.0 Å². The molecular formula is C27H36N2O4. The monoisotopic (exact) mass is 452 g/mol. The number of ether oxygens (including phenoxy) is 3. The third-order valence-corrected chi connectivity index (χ3v) is 6.88. The molecule has 0 radical (unpaired) electrons. The second-order valence-corrected chi connectivity index (χ2v) is 9.04. The number of carbonyl (C=O) groups excluding carboxylic acids is 1. The summed E-state index contributed by atoms with van der Waals surface area (Å²) in [6, 6.07) is 15.9. The van der Waals surface area contributed by atoms with Gasteiger partial charge in [-0.05, 0) is 55.6 Å². The molecule has 0 saturated carbocycles. The Balaban J connectivity index is 1.52. The first-order chi connectivity index (χ1) is 16.2. The number of benzene rings is 2. The van der Waals surface area contributed by atoms with E-state index < -0.39 is 0 Å². The molecule has 0 N–H and O–H groups in total. The normalized spacial score (nSPS) is 22.7. The summed E-state index contributed by atoms with van der Waals surface area (Å²) in [5.41, 5.74) is 1.89. The van der Waals surface area contributed by atoms with Crippen molar-refractivity contribution in [3.05, 3.63) is 59.7 Å². The minimum atomic E-state index is 0.0652. The summed E-state index contributed by atoms with van der Waals surface area (Å²) in [5.74, 6) is 1.99. The summed E-state index contributed by atoms with van der Waals surface area (Å²) in [5, 5.41) is 0. The minimum absolute atomic E-state index is 0.0652. The molecule has 2 aromatic rings. The maximum atomic E-state index is 13.4. The van der Waals surface area contributed by atoms with Gasteiger partial charge >= 0.3 is 0 Å². The molecule has 2 aromatic carbocycles. The van der Waals surface area contributed by atoms with E-state index in [1.165, 1.54) is 5.56 Å². The second kappa shape index (κ2) is 11.5. The molecule has 178 valence electrons. The van der Waals surface area contributed by atoms with Crippen LogP contribution < -0.4 is 9.47 Å². The van der Waals surface area contributed by atoms with E-state index in [4.69, 9.17) is 14.2 Å². The van der Waals surface area contributed by atoms with E-state index in [-0.39, 0.29) is 12.0 Å². The van der Waals surface area contributed by atoms with Gasteiger partial charge in [0.1, 0.15) is 18.1 Å². The van der Waals surface area contributed by atoms with Crippen LogP contribution in [0, 0.1) is 5.92 Å². The molecule has 2 bridgehead atoms. The first-order valence-corrected chi connectivity index (χ1v) is 12.1. The van der Waals surface area contributed by atoms with Gasteiger partial charge < -0.3 is 19.1 Å². The number of hydrogen-bond donors (Lipinski definition) is 0. The molecule has 1 amide bonds. The number of para-hydroxylation sites is 1. The predicted octanol–water partition coefficient (Wildman–Crippen LogP) is 4.24. The molecule has 6 heteroatoms. The fourth-order valence-corrected chi connectivity index (χ4v) is 5.05. The van der Waals surface area contributed by atoms with Crippen molar-refractivity contribution in [1.29, 1.82) is 0 Å². The van der Waals surface area contributed by atoms with Crippen molar-refractivity contribution >= 4 is 5.91 Å². The highest BCUT2D eigenvalue weighted by atomic mass is 16.5. The summed E-state index contributed by atoms with van der Waals surface area (Å²) in [7, 11) is 3.50. The van der Waals surface area contributed by atoms with Crippen molar-refractivity contribution in [3.63, 3.8) is 0 Å². The molecule has 0 spiro atoms. The van der Waals surface area contributed by atoms with Crippen molar-refractivity contribution in [2.45, 2.75) is 38.3 Å². The van der Waals surface area contributed by atoms with Crippen LogP contribution in [0.25, 0.3) is 0 Å². The molecule has 6 nitrogen and oxygen atoms in total. The Labute approximate surface area is 197 Å². The van der Waals surface area contributed by atoms with Crippen LogP contribution in [-0.2, 0) is 11.3 Å². The Morgan fingerprint density at radius 2 is 1.88 bits per heavy atom. The first kappa shape index (κ1) is 23.6. The molecule has 4 rings (SSSR count). The van der Waals surface area contributed by atoms with E-state index in [2.05, 4.69) is 17.0 Å². The summed E-state index contributed by atoms with van der Waals surface area (Å²) >= 11 is 0. The summed E-state index contributed by atoms with van der Waals surface area (Å²) in [6.45, 7) is 4.68. The number of methoxy groups -OCH3 is 2. The zero-order valence-electron chi connectivity index (χ0n) is 19.9. The zero-order chi connectivity index (χ0) is 23.0. The predicted molar refractivity (Wildman–Crippen MR) is 129 cm³/mol. The molecule has 1 fully saturated rings. The lowest BCUT2D eigenvalue weighted by atomic mass is 9.89. The molecule has 0 aliphatic carbocycles. The molecule has 33 heavy (non-hydrogen) atoms. The number of carbonyl (C=O) groups is 1. The van der Waals surface area contributed by atoms with Crippen molar-refractivity contribution in [1.82, 2.24) is 9.80 Å². The Morgan fingerprint density at radius 1 is 1.00 bits per heavy atom. The van der Waals surface area contributed by atoms with Gasteiger partial charge in [-0.2, -0.15) is 0 Å². The van der Waals surface area contributed by atoms with Gasteiger partial charge in [0.25, 0.3) is 5.91 Å². The van der Waals surface area contributed by atoms with Crippen LogP contribution in [0.1, 0.15) is 41.6 Å². The molecule has 2 aliphatic rings. The van der Waals surface area contributed by atoms with Gasteiger partial charge in [0.2, 0.25) is 0 Å². The van der Waals surface area contributed by atoms with Crippen molar-refractivity contribution in [3.8, 4) is 11.5 Å². The molecule has 2 aliphatic heterocycles. The lowest BCUT2D eigenvalue weighted by Crippen LogP contribution is -2.46. The smallest absolute Gasteiger partial charge is 0.257 e. The van der Waals surface area contributed by atoms with Crippen molar-refractivity contribution < 1.29 is 19.0 Å². The largest absolute Gasteiger partial charge is 0.497 e. The van der Waals surface area contributed by atoms with Crippen LogP contribution in [0.5, 0.6) is 11.5 Å². The van der Waals surface area contributed by atoms with E-state index in [1.807, 2.05) is 41.3 Å². The fraction of sp³-hybridized carbons (Fsp3) is 0.519. The van der Waals surface area contributed by atoms with Crippen LogP contribution in [0.4, 0.5) is 0 Å². The average molecular weight is 453 g/mol. The van der Waals surface area contributed by atoms with Crippen LogP contribution in [-0.4, -0.2) is 68.8 Å². The molecule has 1 saturated heterocycles. The number of piperidine rings is 1. The summed E-state index contributed by atoms with van der Waals surface area (Å²) in [6.07, 6.45) is 4.42. The SMILES string of the molecule is COc1cccc(CN2CCCC[C@H]3CN(CC[C@H]3OC)C(=O)c3ccccc3OCC2)c1. The van der Waals surface area contributed by atoms with Gasteiger partial charge in [0.15, 0.2) is 0 Å². The van der Waals surface area contributed by atoms with E-state index >= 15 is 0 Å². The third kappa shape index (κ3) is 6.06. The summed E-state index contributed by atoms with van der Waals surface area (Å²) < 4.78 is 17.3. The van der Waals surface area contributed by atoms with Crippen LogP contribution in [0.15, 0.2) is 48.5 Å². The maximum Gasteiger partial charge on any atom is 0.257 e. The highest BCUT2D eigenvalue weighted by Crippen LogP contribution is 2.28. The van der Waals surface area contributed by atoms with Crippen LogP contribution in [0.3, 0.4) is 0 Å². The van der Waals surface area contributed by atoms with Gasteiger partial charge in [-0.25, -0.2) is 0 Å². The highest BCUT2D eigenvalue weighted by molar-refractivity contribution is 5.97. The molecular weight excluding hydrogens is 416 g/mol. The Hall–Kier alpha value is -2.57. The number of rotatable bonds is 4. The first-order valence-electron chi connectivity index (χ1n) is 12.1. The lowest BCUT2D eigenvalue weighted by molar-refractivity contribution is -0.00702. The molecule has 0 aromatic heterocycles. The number of fused-ring (bicyclic) bond motifs is 3. The lowest BCUT2D eigenvalue weighted by Gasteiger charge is -2.38. The Morgan fingerprint density at radius 3 is 2.73 bits per heavy atom. The third-order valence-electron chi connectivity index (χ3n) is 6.88. The number of amides is 1. The minimum Gasteiger partial charge on any atom is -0.497 e. The number of nitrogens with zero attached hydrogens (tertiary/aromatic N) is 2. The quantitative estimate of drug-likeness (QED) is 0.695. The average Bonchev–Trinajstić information content (AvgIpc) is 2.85. The molecule has 2 heterocycles. The van der Waals surface area contributed by atoms with E-state index in [0.717, 1.165) is 64.2 Å². The Bertz CT molecular complexity index is 918. The van der Waals surface area contributed by atoms with Gasteiger partial charge in [-0.15, -0.1) is 0 Å². The van der Waals surface area contributed by atoms with E-state index in [1.54, 1.807) is 14.2 Å². The van der Waals surface area contributed by atoms with E-state index in [0.29, 0.717) is 23.8 Å². The second-order valence-electron chi connectivity index (χ2n) is 9.04. The van der Waals surface area contributed by atoms with Gasteiger partial charge in [0, 0.05) is 39.2 Å². The number of hydrogen-bond acceptors (Lipinski definition) is 5. The molecule has 0 unspecified atom stereocenters. The standard InChI is InChI=1S/C27H36N2O4/c1-31-23-10-7-8-21(18-23)19-28-14-6-5-9-22-20-29(15-13-25(22)32-2)27(30)24-11-3-4-12-26(24)33-17-16-28/h3-4,7-8,10-12,18,22,25H,5-6,9,13-17,19-20H2,1-2H3/t22-,25+/m0/s1. The Kier molecular flexibility index (Phi) is 8.24. The van der Waals surface area contributed by atoms with Gasteiger partial charge in [-0.1, -0.05) is 30.7 Å². The fourth-order valence-electron chi connectivity index (χ4n) is 5.05. The van der Waals surface area contributed by atoms with Crippen molar-refractivity contribution in [2.24, 2.45) is 5.92 Å².